The van der Waals surface area contributed by atoms with Crippen LogP contribution in [0.4, 0.5) is 0 Å². The Balaban J connectivity index is 2.17. The molecule has 0 aliphatic carbocycles. The third-order valence-corrected chi connectivity index (χ3v) is 4.00. The molecule has 2 heteroatoms. The molecule has 1 aliphatic heterocycles. The molecule has 1 aliphatic rings. The summed E-state index contributed by atoms with van der Waals surface area (Å²) in [6.45, 7) is 13.0. The van der Waals surface area contributed by atoms with E-state index in [2.05, 4.69) is 37.9 Å². The molecule has 16 heavy (non-hydrogen) atoms. The predicted molar refractivity (Wildman–Crippen MR) is 71.8 cm³/mol. The highest BCUT2D eigenvalue weighted by atomic mass is 15.2. The first-order chi connectivity index (χ1) is 7.67. The zero-order valence-corrected chi connectivity index (χ0v) is 11.6. The van der Waals surface area contributed by atoms with Crippen LogP contribution in [0.2, 0.25) is 0 Å². The molecular formula is C14H30N2. The molecule has 0 spiro atoms. The van der Waals surface area contributed by atoms with Crippen molar-refractivity contribution in [3.8, 4) is 0 Å². The number of rotatable bonds is 7. The van der Waals surface area contributed by atoms with Gasteiger partial charge in [-0.25, -0.2) is 0 Å². The zero-order chi connectivity index (χ0) is 12.0. The number of hydrogen-bond donors (Lipinski definition) is 1. The zero-order valence-electron chi connectivity index (χ0n) is 11.6. The Morgan fingerprint density at radius 3 is 2.62 bits per heavy atom. The smallest absolute Gasteiger partial charge is 0.0192 e. The first-order valence-corrected chi connectivity index (χ1v) is 7.14. The summed E-state index contributed by atoms with van der Waals surface area (Å²) in [6, 6.07) is 1.38. The van der Waals surface area contributed by atoms with Gasteiger partial charge in [0.1, 0.15) is 0 Å². The summed E-state index contributed by atoms with van der Waals surface area (Å²) in [7, 11) is 0. The van der Waals surface area contributed by atoms with E-state index in [0.717, 1.165) is 12.5 Å². The molecule has 0 saturated carbocycles. The van der Waals surface area contributed by atoms with Crippen molar-refractivity contribution in [1.82, 2.24) is 10.2 Å². The molecule has 2 nitrogen and oxygen atoms in total. The van der Waals surface area contributed by atoms with Crippen molar-refractivity contribution in [3.63, 3.8) is 0 Å². The van der Waals surface area contributed by atoms with Crippen LogP contribution in [-0.2, 0) is 0 Å². The van der Waals surface area contributed by atoms with Gasteiger partial charge < -0.3 is 5.32 Å². The molecule has 3 unspecified atom stereocenters. The third-order valence-electron chi connectivity index (χ3n) is 4.00. The Labute approximate surface area is 102 Å². The SMILES string of the molecule is CCCC(C)NCC(C)N1CCC(CC)C1. The molecule has 1 fully saturated rings. The average molecular weight is 226 g/mol. The lowest BCUT2D eigenvalue weighted by Gasteiger charge is -2.26. The van der Waals surface area contributed by atoms with Crippen molar-refractivity contribution < 1.29 is 0 Å². The second-order valence-corrected chi connectivity index (χ2v) is 5.50. The summed E-state index contributed by atoms with van der Waals surface area (Å²) in [6.07, 6.45) is 5.34. The second-order valence-electron chi connectivity index (χ2n) is 5.50. The van der Waals surface area contributed by atoms with E-state index in [-0.39, 0.29) is 0 Å². The fourth-order valence-electron chi connectivity index (χ4n) is 2.63. The predicted octanol–water partition coefficient (Wildman–Crippen LogP) is 2.89. The van der Waals surface area contributed by atoms with Crippen LogP contribution >= 0.6 is 0 Å². The average Bonchev–Trinajstić information content (AvgIpc) is 2.75. The van der Waals surface area contributed by atoms with Crippen molar-refractivity contribution >= 4 is 0 Å². The van der Waals surface area contributed by atoms with Crippen LogP contribution in [-0.4, -0.2) is 36.6 Å². The topological polar surface area (TPSA) is 15.3 Å². The van der Waals surface area contributed by atoms with E-state index in [0.29, 0.717) is 12.1 Å². The maximum Gasteiger partial charge on any atom is 0.0192 e. The molecule has 0 radical (unpaired) electrons. The van der Waals surface area contributed by atoms with Crippen molar-refractivity contribution in [1.29, 1.82) is 0 Å². The monoisotopic (exact) mass is 226 g/mol. The van der Waals surface area contributed by atoms with E-state index in [4.69, 9.17) is 0 Å². The van der Waals surface area contributed by atoms with Crippen LogP contribution in [0.3, 0.4) is 0 Å². The van der Waals surface area contributed by atoms with Gasteiger partial charge in [-0.05, 0) is 39.2 Å². The Hall–Kier alpha value is -0.0800. The fraction of sp³-hybridized carbons (Fsp3) is 1.00. The van der Waals surface area contributed by atoms with Gasteiger partial charge in [-0.1, -0.05) is 26.7 Å². The maximum absolute atomic E-state index is 3.65. The lowest BCUT2D eigenvalue weighted by atomic mass is 10.1. The number of nitrogens with zero attached hydrogens (tertiary/aromatic N) is 1. The Morgan fingerprint density at radius 2 is 2.06 bits per heavy atom. The van der Waals surface area contributed by atoms with Gasteiger partial charge in [-0.2, -0.15) is 0 Å². The van der Waals surface area contributed by atoms with Gasteiger partial charge in [-0.15, -0.1) is 0 Å². The summed E-state index contributed by atoms with van der Waals surface area (Å²) in [5.41, 5.74) is 0. The van der Waals surface area contributed by atoms with Crippen LogP contribution in [0.25, 0.3) is 0 Å². The maximum atomic E-state index is 3.65. The summed E-state index contributed by atoms with van der Waals surface area (Å²) >= 11 is 0. The number of nitrogens with one attached hydrogen (secondary N) is 1. The van der Waals surface area contributed by atoms with Crippen LogP contribution in [0, 0.1) is 5.92 Å². The normalized spacial score (nSPS) is 25.9. The molecule has 1 N–H and O–H groups in total. The minimum absolute atomic E-state index is 0.678. The van der Waals surface area contributed by atoms with E-state index >= 15 is 0 Å². The largest absolute Gasteiger partial charge is 0.313 e. The molecule has 0 aromatic heterocycles. The highest BCUT2D eigenvalue weighted by Gasteiger charge is 2.24. The third kappa shape index (κ3) is 4.42. The molecule has 0 amide bonds. The Kier molecular flexibility index (Phi) is 6.37. The number of hydrogen-bond acceptors (Lipinski definition) is 2. The minimum atomic E-state index is 0.678. The molecule has 1 saturated heterocycles. The highest BCUT2D eigenvalue weighted by Crippen LogP contribution is 2.20. The van der Waals surface area contributed by atoms with Gasteiger partial charge in [0.25, 0.3) is 0 Å². The Bertz CT molecular complexity index is 182. The highest BCUT2D eigenvalue weighted by molar-refractivity contribution is 4.80. The summed E-state index contributed by atoms with van der Waals surface area (Å²) in [5, 5.41) is 3.65. The van der Waals surface area contributed by atoms with Crippen molar-refractivity contribution in [3.05, 3.63) is 0 Å². The molecule has 96 valence electrons. The van der Waals surface area contributed by atoms with Crippen LogP contribution in [0.15, 0.2) is 0 Å². The van der Waals surface area contributed by atoms with Crippen molar-refractivity contribution in [2.24, 2.45) is 5.92 Å². The first kappa shape index (κ1) is 14.0. The lowest BCUT2D eigenvalue weighted by molar-refractivity contribution is 0.236. The second kappa shape index (κ2) is 7.29. The minimum Gasteiger partial charge on any atom is -0.313 e. The van der Waals surface area contributed by atoms with E-state index in [9.17, 15) is 0 Å². The van der Waals surface area contributed by atoms with Crippen LogP contribution < -0.4 is 5.32 Å². The molecular weight excluding hydrogens is 196 g/mol. The molecule has 3 atom stereocenters. The quantitative estimate of drug-likeness (QED) is 0.718. The van der Waals surface area contributed by atoms with Gasteiger partial charge in [0, 0.05) is 25.2 Å². The molecule has 0 aromatic rings. The molecule has 1 heterocycles. The van der Waals surface area contributed by atoms with E-state index in [1.807, 2.05) is 0 Å². The molecule has 1 rings (SSSR count). The molecule has 0 aromatic carbocycles. The standard InChI is InChI=1S/C14H30N2/c1-5-7-12(3)15-10-13(4)16-9-8-14(6-2)11-16/h12-15H,5-11H2,1-4H3. The lowest BCUT2D eigenvalue weighted by Crippen LogP contribution is -2.41. The van der Waals surface area contributed by atoms with Gasteiger partial charge in [-0.3, -0.25) is 4.90 Å². The number of likely N-dealkylation sites (tertiary alicyclic amines) is 1. The molecule has 0 bridgehead atoms. The van der Waals surface area contributed by atoms with Crippen molar-refractivity contribution in [2.45, 2.75) is 65.5 Å². The van der Waals surface area contributed by atoms with Gasteiger partial charge in [0.2, 0.25) is 0 Å². The van der Waals surface area contributed by atoms with Gasteiger partial charge >= 0.3 is 0 Å². The summed E-state index contributed by atoms with van der Waals surface area (Å²) in [4.78, 5) is 2.65. The van der Waals surface area contributed by atoms with E-state index < -0.39 is 0 Å². The Morgan fingerprint density at radius 1 is 1.31 bits per heavy atom. The van der Waals surface area contributed by atoms with E-state index in [1.165, 1.54) is 38.8 Å². The van der Waals surface area contributed by atoms with Crippen molar-refractivity contribution in [2.75, 3.05) is 19.6 Å². The van der Waals surface area contributed by atoms with E-state index in [1.54, 1.807) is 0 Å². The van der Waals surface area contributed by atoms with Crippen LogP contribution in [0.1, 0.15) is 53.4 Å². The van der Waals surface area contributed by atoms with Gasteiger partial charge in [0.05, 0.1) is 0 Å². The summed E-state index contributed by atoms with van der Waals surface area (Å²) in [5.74, 6) is 0.954. The summed E-state index contributed by atoms with van der Waals surface area (Å²) < 4.78 is 0. The first-order valence-electron chi connectivity index (χ1n) is 7.14. The van der Waals surface area contributed by atoms with Crippen LogP contribution in [0.5, 0.6) is 0 Å². The van der Waals surface area contributed by atoms with Gasteiger partial charge in [0.15, 0.2) is 0 Å². The fourth-order valence-corrected chi connectivity index (χ4v) is 2.63.